The number of carbonyl (C=O) groups is 2. The highest BCUT2D eigenvalue weighted by atomic mass is 32.1. The molecule has 0 saturated carbocycles. The SMILES string of the molecule is NC(=O)c1cccc(Cn2cccc2C(=O)Nc2nc([C@H]3CCCN3c3ccccc3)cs2)c1. The number of amides is 2. The molecule has 3 heterocycles. The second-order valence-electron chi connectivity index (χ2n) is 8.30. The number of thiazole rings is 1. The van der Waals surface area contributed by atoms with Gasteiger partial charge < -0.3 is 15.2 Å². The summed E-state index contributed by atoms with van der Waals surface area (Å²) in [7, 11) is 0. The Morgan fingerprint density at radius 2 is 1.94 bits per heavy atom. The molecular weight excluding hydrogens is 446 g/mol. The predicted octanol–water partition coefficient (Wildman–Crippen LogP) is 4.69. The van der Waals surface area contributed by atoms with Crippen LogP contribution in [0, 0.1) is 0 Å². The number of primary amides is 1. The number of nitrogens with zero attached hydrogens (tertiary/aromatic N) is 3. The van der Waals surface area contributed by atoms with Gasteiger partial charge in [-0.15, -0.1) is 11.3 Å². The quantitative estimate of drug-likeness (QED) is 0.409. The van der Waals surface area contributed by atoms with Crippen LogP contribution in [0.5, 0.6) is 0 Å². The molecule has 2 aromatic heterocycles. The number of rotatable bonds is 7. The number of hydrogen-bond acceptors (Lipinski definition) is 5. The van der Waals surface area contributed by atoms with Crippen molar-refractivity contribution in [2.75, 3.05) is 16.8 Å². The third-order valence-electron chi connectivity index (χ3n) is 6.05. The van der Waals surface area contributed by atoms with Crippen molar-refractivity contribution in [1.29, 1.82) is 0 Å². The van der Waals surface area contributed by atoms with Gasteiger partial charge in [0.05, 0.1) is 11.7 Å². The first-order valence-corrected chi connectivity index (χ1v) is 12.1. The fourth-order valence-corrected chi connectivity index (χ4v) is 5.19. The molecule has 0 aliphatic carbocycles. The van der Waals surface area contributed by atoms with Crippen molar-refractivity contribution in [2.45, 2.75) is 25.4 Å². The van der Waals surface area contributed by atoms with Gasteiger partial charge in [-0.25, -0.2) is 4.98 Å². The van der Waals surface area contributed by atoms with E-state index in [2.05, 4.69) is 34.5 Å². The van der Waals surface area contributed by atoms with E-state index < -0.39 is 5.91 Å². The first kappa shape index (κ1) is 21.9. The zero-order valence-corrected chi connectivity index (χ0v) is 19.4. The minimum Gasteiger partial charge on any atom is -0.366 e. The smallest absolute Gasteiger partial charge is 0.274 e. The van der Waals surface area contributed by atoms with Crippen LogP contribution in [0.25, 0.3) is 0 Å². The minimum atomic E-state index is -0.472. The summed E-state index contributed by atoms with van der Waals surface area (Å²) in [6.45, 7) is 1.45. The van der Waals surface area contributed by atoms with Gasteiger partial charge in [-0.2, -0.15) is 0 Å². The number of benzene rings is 2. The molecule has 1 fully saturated rings. The minimum absolute atomic E-state index is 0.214. The largest absolute Gasteiger partial charge is 0.366 e. The summed E-state index contributed by atoms with van der Waals surface area (Å²) in [6, 6.07) is 21.3. The van der Waals surface area contributed by atoms with E-state index in [1.807, 2.05) is 34.3 Å². The predicted molar refractivity (Wildman–Crippen MR) is 134 cm³/mol. The summed E-state index contributed by atoms with van der Waals surface area (Å²) in [5.41, 5.74) is 9.43. The molecule has 1 aliphatic heterocycles. The first-order valence-electron chi connectivity index (χ1n) is 11.2. The van der Waals surface area contributed by atoms with Crippen LogP contribution in [-0.4, -0.2) is 27.9 Å². The van der Waals surface area contributed by atoms with E-state index in [1.165, 1.54) is 17.0 Å². The molecule has 0 spiro atoms. The van der Waals surface area contributed by atoms with Gasteiger partial charge in [0.25, 0.3) is 5.91 Å². The summed E-state index contributed by atoms with van der Waals surface area (Å²) >= 11 is 1.44. The van der Waals surface area contributed by atoms with Crippen molar-refractivity contribution >= 4 is 34.0 Å². The Hall–Kier alpha value is -3.91. The van der Waals surface area contributed by atoms with E-state index >= 15 is 0 Å². The molecular formula is C26H25N5O2S. The summed E-state index contributed by atoms with van der Waals surface area (Å²) < 4.78 is 1.85. The number of aromatic nitrogens is 2. The molecule has 0 radical (unpaired) electrons. The van der Waals surface area contributed by atoms with Gasteiger partial charge in [-0.3, -0.25) is 14.9 Å². The fraction of sp³-hybridized carbons (Fsp3) is 0.192. The molecule has 1 atom stereocenters. The van der Waals surface area contributed by atoms with Crippen LogP contribution in [-0.2, 0) is 6.54 Å². The van der Waals surface area contributed by atoms with Gasteiger partial charge in [0.15, 0.2) is 5.13 Å². The normalized spacial score (nSPS) is 15.4. The molecule has 1 aliphatic rings. The van der Waals surface area contributed by atoms with Crippen LogP contribution >= 0.6 is 11.3 Å². The molecule has 2 aromatic carbocycles. The Labute approximate surface area is 201 Å². The van der Waals surface area contributed by atoms with Crippen LogP contribution < -0.4 is 16.0 Å². The first-order chi connectivity index (χ1) is 16.6. The molecule has 4 aromatic rings. The number of carbonyl (C=O) groups excluding carboxylic acids is 2. The van der Waals surface area contributed by atoms with Crippen molar-refractivity contribution in [2.24, 2.45) is 5.73 Å². The van der Waals surface area contributed by atoms with Crippen molar-refractivity contribution in [3.8, 4) is 0 Å². The van der Waals surface area contributed by atoms with E-state index in [-0.39, 0.29) is 11.9 Å². The van der Waals surface area contributed by atoms with Crippen LogP contribution in [0.2, 0.25) is 0 Å². The molecule has 172 valence electrons. The third kappa shape index (κ3) is 4.58. The van der Waals surface area contributed by atoms with E-state index in [4.69, 9.17) is 10.7 Å². The molecule has 2 amide bonds. The molecule has 7 nitrogen and oxygen atoms in total. The van der Waals surface area contributed by atoms with Gasteiger partial charge in [0.2, 0.25) is 5.91 Å². The second kappa shape index (κ2) is 9.52. The van der Waals surface area contributed by atoms with Crippen molar-refractivity contribution in [1.82, 2.24) is 9.55 Å². The van der Waals surface area contributed by atoms with Crippen LogP contribution in [0.1, 0.15) is 51.0 Å². The van der Waals surface area contributed by atoms with Gasteiger partial charge in [-0.1, -0.05) is 30.3 Å². The molecule has 0 unspecified atom stereocenters. The van der Waals surface area contributed by atoms with Crippen molar-refractivity contribution < 1.29 is 9.59 Å². The Kier molecular flexibility index (Phi) is 6.14. The lowest BCUT2D eigenvalue weighted by molar-refractivity contribution is 0.0996. The van der Waals surface area contributed by atoms with E-state index in [0.717, 1.165) is 30.6 Å². The lowest BCUT2D eigenvalue weighted by Crippen LogP contribution is -2.22. The zero-order valence-electron chi connectivity index (χ0n) is 18.6. The standard InChI is InChI=1S/C26H25N5O2S/c27-24(32)19-8-4-7-18(15-19)16-30-13-5-12-23(30)25(33)29-26-28-21(17-34-26)22-11-6-14-31(22)20-9-2-1-3-10-20/h1-5,7-10,12-13,15,17,22H,6,11,14,16H2,(H2,27,32)(H,28,29,33)/t22-/m1/s1. The monoisotopic (exact) mass is 471 g/mol. The van der Waals surface area contributed by atoms with Crippen LogP contribution in [0.15, 0.2) is 78.3 Å². The van der Waals surface area contributed by atoms with Gasteiger partial charge in [-0.05, 0) is 54.8 Å². The second-order valence-corrected chi connectivity index (χ2v) is 9.16. The Balaban J connectivity index is 1.29. The third-order valence-corrected chi connectivity index (χ3v) is 6.83. The summed E-state index contributed by atoms with van der Waals surface area (Å²) in [6.07, 6.45) is 4.00. The molecule has 5 rings (SSSR count). The molecule has 1 saturated heterocycles. The molecule has 3 N–H and O–H groups in total. The van der Waals surface area contributed by atoms with Crippen LogP contribution in [0.4, 0.5) is 10.8 Å². The molecule has 8 heteroatoms. The lowest BCUT2D eigenvalue weighted by atomic mass is 10.1. The van der Waals surface area contributed by atoms with Crippen molar-refractivity contribution in [3.05, 3.63) is 101 Å². The number of hydrogen-bond donors (Lipinski definition) is 2. The summed E-state index contributed by atoms with van der Waals surface area (Å²) in [5, 5.41) is 5.58. The maximum Gasteiger partial charge on any atom is 0.274 e. The highest BCUT2D eigenvalue weighted by molar-refractivity contribution is 7.14. The Morgan fingerprint density at radius 1 is 1.09 bits per heavy atom. The van der Waals surface area contributed by atoms with Gasteiger partial charge in [0.1, 0.15) is 5.69 Å². The van der Waals surface area contributed by atoms with E-state index in [9.17, 15) is 9.59 Å². The number of nitrogens with one attached hydrogen (secondary N) is 1. The highest BCUT2D eigenvalue weighted by Gasteiger charge is 2.28. The highest BCUT2D eigenvalue weighted by Crippen LogP contribution is 2.37. The zero-order chi connectivity index (χ0) is 23.5. The average Bonchev–Trinajstić information content (AvgIpc) is 3.60. The summed E-state index contributed by atoms with van der Waals surface area (Å²) in [5.74, 6) is -0.691. The summed E-state index contributed by atoms with van der Waals surface area (Å²) in [4.78, 5) is 31.6. The topological polar surface area (TPSA) is 93.2 Å². The number of nitrogens with two attached hydrogens (primary N) is 1. The molecule has 0 bridgehead atoms. The van der Waals surface area contributed by atoms with E-state index in [1.54, 1.807) is 24.3 Å². The van der Waals surface area contributed by atoms with E-state index in [0.29, 0.717) is 22.9 Å². The number of para-hydroxylation sites is 1. The fourth-order valence-electron chi connectivity index (χ4n) is 4.44. The maximum absolute atomic E-state index is 13.0. The Bertz CT molecular complexity index is 1310. The Morgan fingerprint density at radius 3 is 2.76 bits per heavy atom. The maximum atomic E-state index is 13.0. The van der Waals surface area contributed by atoms with Crippen molar-refractivity contribution in [3.63, 3.8) is 0 Å². The number of anilines is 2. The average molecular weight is 472 g/mol. The van der Waals surface area contributed by atoms with Gasteiger partial charge >= 0.3 is 0 Å². The van der Waals surface area contributed by atoms with Gasteiger partial charge in [0, 0.05) is 35.9 Å². The van der Waals surface area contributed by atoms with Crippen LogP contribution in [0.3, 0.4) is 0 Å². The molecule has 34 heavy (non-hydrogen) atoms. The lowest BCUT2D eigenvalue weighted by Gasteiger charge is -2.25.